The maximum atomic E-state index is 10.6. The van der Waals surface area contributed by atoms with E-state index in [0.29, 0.717) is 6.61 Å². The minimum absolute atomic E-state index is 0.116. The molecule has 5 heteroatoms. The third-order valence-corrected chi connectivity index (χ3v) is 2.97. The molecule has 1 aromatic carbocycles. The third kappa shape index (κ3) is 4.96. The van der Waals surface area contributed by atoms with Crippen LogP contribution in [0.3, 0.4) is 0 Å². The van der Waals surface area contributed by atoms with Gasteiger partial charge in [0.2, 0.25) is 0 Å². The van der Waals surface area contributed by atoms with Crippen LogP contribution in [-0.2, 0) is 4.74 Å². The average Bonchev–Trinajstić information content (AvgIpc) is 2.36. The highest BCUT2D eigenvalue weighted by molar-refractivity contribution is 5.34. The fourth-order valence-electron chi connectivity index (χ4n) is 1.84. The molecule has 1 aromatic rings. The van der Waals surface area contributed by atoms with E-state index >= 15 is 0 Å². The summed E-state index contributed by atoms with van der Waals surface area (Å²) < 4.78 is 5.61. The minimum atomic E-state index is -0.389. The Morgan fingerprint density at radius 1 is 1.37 bits per heavy atom. The molecule has 1 rings (SSSR count). The lowest BCUT2D eigenvalue weighted by Gasteiger charge is -2.27. The lowest BCUT2D eigenvalue weighted by atomic mass is 10.1. The Labute approximate surface area is 114 Å². The van der Waals surface area contributed by atoms with Gasteiger partial charge in [-0.05, 0) is 33.3 Å². The van der Waals surface area contributed by atoms with Crippen LogP contribution in [0.4, 0.5) is 5.69 Å². The summed E-state index contributed by atoms with van der Waals surface area (Å²) in [5.41, 5.74) is 0.924. The second kappa shape index (κ2) is 6.63. The van der Waals surface area contributed by atoms with Gasteiger partial charge in [0, 0.05) is 31.3 Å². The zero-order chi connectivity index (χ0) is 14.5. The number of non-ortho nitro benzene ring substituents is 1. The molecule has 106 valence electrons. The molecule has 0 saturated heterocycles. The Bertz CT molecular complexity index is 415. The van der Waals surface area contributed by atoms with E-state index < -0.39 is 0 Å². The Balaban J connectivity index is 2.58. The van der Waals surface area contributed by atoms with Crippen molar-refractivity contribution in [3.8, 4) is 0 Å². The molecule has 0 radical (unpaired) electrons. The van der Waals surface area contributed by atoms with Crippen molar-refractivity contribution in [1.82, 2.24) is 5.32 Å². The van der Waals surface area contributed by atoms with Gasteiger partial charge in [0.25, 0.3) is 5.69 Å². The number of rotatable bonds is 7. The Kier molecular flexibility index (Phi) is 5.44. The van der Waals surface area contributed by atoms with E-state index in [9.17, 15) is 10.1 Å². The molecule has 0 aliphatic rings. The summed E-state index contributed by atoms with van der Waals surface area (Å²) in [6.45, 7) is 9.47. The number of nitro benzene ring substituents is 1. The number of nitrogens with one attached hydrogen (secondary N) is 1. The van der Waals surface area contributed by atoms with Crippen LogP contribution >= 0.6 is 0 Å². The van der Waals surface area contributed by atoms with E-state index in [2.05, 4.69) is 5.32 Å². The predicted octanol–water partition coefficient (Wildman–Crippen LogP) is 3.06. The molecule has 5 nitrogen and oxygen atoms in total. The summed E-state index contributed by atoms with van der Waals surface area (Å²) in [5, 5.41) is 14.0. The van der Waals surface area contributed by atoms with Crippen LogP contribution in [0.25, 0.3) is 0 Å². The van der Waals surface area contributed by atoms with Crippen LogP contribution in [0.1, 0.15) is 39.3 Å². The molecule has 0 aliphatic carbocycles. The fourth-order valence-corrected chi connectivity index (χ4v) is 1.84. The smallest absolute Gasteiger partial charge is 0.269 e. The first kappa shape index (κ1) is 15.6. The average molecular weight is 266 g/mol. The van der Waals surface area contributed by atoms with Gasteiger partial charge in [0.1, 0.15) is 0 Å². The molecule has 0 bridgehead atoms. The van der Waals surface area contributed by atoms with Crippen LogP contribution in [0.2, 0.25) is 0 Å². The minimum Gasteiger partial charge on any atom is -0.375 e. The van der Waals surface area contributed by atoms with Gasteiger partial charge in [-0.25, -0.2) is 0 Å². The van der Waals surface area contributed by atoms with Crippen LogP contribution in [0, 0.1) is 10.1 Å². The topological polar surface area (TPSA) is 64.4 Å². The third-order valence-electron chi connectivity index (χ3n) is 2.97. The molecule has 0 fully saturated rings. The fraction of sp³-hybridized carbons (Fsp3) is 0.571. The first-order valence-corrected chi connectivity index (χ1v) is 6.47. The van der Waals surface area contributed by atoms with Gasteiger partial charge < -0.3 is 10.1 Å². The normalized spacial score (nSPS) is 13.3. The molecule has 1 unspecified atom stereocenters. The first-order valence-electron chi connectivity index (χ1n) is 6.47. The summed E-state index contributed by atoms with van der Waals surface area (Å²) in [4.78, 5) is 10.2. The van der Waals surface area contributed by atoms with Gasteiger partial charge in [-0.1, -0.05) is 12.1 Å². The molecule has 0 heterocycles. The molecule has 0 aromatic heterocycles. The molecule has 0 amide bonds. The van der Waals surface area contributed by atoms with Gasteiger partial charge in [0.05, 0.1) is 10.5 Å². The quantitative estimate of drug-likeness (QED) is 0.608. The van der Waals surface area contributed by atoms with Crippen LogP contribution in [0.5, 0.6) is 0 Å². The lowest BCUT2D eigenvalue weighted by molar-refractivity contribution is -0.384. The maximum Gasteiger partial charge on any atom is 0.269 e. The lowest BCUT2D eigenvalue weighted by Crippen LogP contribution is -2.38. The van der Waals surface area contributed by atoms with Crippen molar-refractivity contribution in [3.05, 3.63) is 39.9 Å². The van der Waals surface area contributed by atoms with Crippen molar-refractivity contribution in [3.63, 3.8) is 0 Å². The van der Waals surface area contributed by atoms with Gasteiger partial charge in [-0.3, -0.25) is 10.1 Å². The Morgan fingerprint density at radius 3 is 2.42 bits per heavy atom. The summed E-state index contributed by atoms with van der Waals surface area (Å²) in [6, 6.07) is 6.75. The van der Waals surface area contributed by atoms with Gasteiger partial charge in [0.15, 0.2) is 0 Å². The summed E-state index contributed by atoms with van der Waals surface area (Å²) in [6.07, 6.45) is 0. The van der Waals surface area contributed by atoms with Crippen molar-refractivity contribution in [2.45, 2.75) is 39.3 Å². The van der Waals surface area contributed by atoms with Gasteiger partial charge >= 0.3 is 0 Å². The van der Waals surface area contributed by atoms with E-state index in [1.807, 2.05) is 27.7 Å². The molecular weight excluding hydrogens is 244 g/mol. The van der Waals surface area contributed by atoms with Crippen LogP contribution < -0.4 is 5.32 Å². The van der Waals surface area contributed by atoms with Crippen molar-refractivity contribution < 1.29 is 9.66 Å². The van der Waals surface area contributed by atoms with E-state index in [-0.39, 0.29) is 22.3 Å². The largest absolute Gasteiger partial charge is 0.375 e. The highest BCUT2D eigenvalue weighted by Crippen LogP contribution is 2.18. The molecule has 19 heavy (non-hydrogen) atoms. The summed E-state index contributed by atoms with van der Waals surface area (Å²) >= 11 is 0. The highest BCUT2D eigenvalue weighted by Gasteiger charge is 2.18. The first-order chi connectivity index (χ1) is 8.85. The number of hydrogen-bond acceptors (Lipinski definition) is 4. The van der Waals surface area contributed by atoms with E-state index in [1.54, 1.807) is 12.1 Å². The predicted molar refractivity (Wildman–Crippen MR) is 75.2 cm³/mol. The van der Waals surface area contributed by atoms with Crippen LogP contribution in [-0.4, -0.2) is 23.7 Å². The zero-order valence-corrected chi connectivity index (χ0v) is 12.0. The van der Waals surface area contributed by atoms with Crippen molar-refractivity contribution in [1.29, 1.82) is 0 Å². The van der Waals surface area contributed by atoms with Crippen molar-refractivity contribution in [2.75, 3.05) is 13.2 Å². The molecule has 0 saturated carbocycles. The highest BCUT2D eigenvalue weighted by atomic mass is 16.6. The SMILES string of the molecule is CCOC(C)(C)CNC(C)c1ccc([N+](=O)[O-])cc1. The van der Waals surface area contributed by atoms with E-state index in [4.69, 9.17) is 4.74 Å². The number of benzene rings is 1. The molecule has 0 aliphatic heterocycles. The standard InChI is InChI=1S/C14H22N2O3/c1-5-19-14(3,4)10-15-11(2)12-6-8-13(9-7-12)16(17)18/h6-9,11,15H,5,10H2,1-4H3. The van der Waals surface area contributed by atoms with Gasteiger partial charge in [-0.15, -0.1) is 0 Å². The van der Waals surface area contributed by atoms with Gasteiger partial charge in [-0.2, -0.15) is 0 Å². The van der Waals surface area contributed by atoms with Crippen molar-refractivity contribution >= 4 is 5.69 Å². The molecule has 0 spiro atoms. The maximum absolute atomic E-state index is 10.6. The number of nitrogens with zero attached hydrogens (tertiary/aromatic N) is 1. The van der Waals surface area contributed by atoms with Crippen molar-refractivity contribution in [2.24, 2.45) is 0 Å². The second-order valence-corrected chi connectivity index (χ2v) is 5.14. The molecule has 1 N–H and O–H groups in total. The van der Waals surface area contributed by atoms with E-state index in [0.717, 1.165) is 12.1 Å². The second-order valence-electron chi connectivity index (χ2n) is 5.14. The molecular formula is C14H22N2O3. The summed E-state index contributed by atoms with van der Waals surface area (Å²) in [7, 11) is 0. The molecule has 1 atom stereocenters. The van der Waals surface area contributed by atoms with E-state index in [1.165, 1.54) is 12.1 Å². The summed E-state index contributed by atoms with van der Waals surface area (Å²) in [5.74, 6) is 0. The Hall–Kier alpha value is -1.46. The number of hydrogen-bond donors (Lipinski definition) is 1. The number of ether oxygens (including phenoxy) is 1. The monoisotopic (exact) mass is 266 g/mol. The number of nitro groups is 1. The Morgan fingerprint density at radius 2 is 1.95 bits per heavy atom. The van der Waals surface area contributed by atoms with Crippen LogP contribution in [0.15, 0.2) is 24.3 Å². The zero-order valence-electron chi connectivity index (χ0n) is 12.0.